The van der Waals surface area contributed by atoms with Gasteiger partial charge in [0, 0.05) is 23.7 Å². The van der Waals surface area contributed by atoms with Gasteiger partial charge in [0.25, 0.3) is 5.91 Å². The van der Waals surface area contributed by atoms with Crippen LogP contribution >= 0.6 is 11.8 Å². The normalized spacial score (nSPS) is 25.6. The summed E-state index contributed by atoms with van der Waals surface area (Å²) in [6.45, 7) is 0.755. The summed E-state index contributed by atoms with van der Waals surface area (Å²) in [4.78, 5) is 43.2. The van der Waals surface area contributed by atoms with Crippen LogP contribution in [0.3, 0.4) is 0 Å². The van der Waals surface area contributed by atoms with Gasteiger partial charge in [-0.05, 0) is 42.3 Å². The number of rotatable bonds is 2. The average molecular weight is 423 g/mol. The molecule has 30 heavy (non-hydrogen) atoms. The number of carbonyl (C=O) groups is 3. The zero-order chi connectivity index (χ0) is 20.9. The van der Waals surface area contributed by atoms with Crippen molar-refractivity contribution in [2.75, 3.05) is 35.0 Å². The number of fused-ring (bicyclic) bond motifs is 4. The van der Waals surface area contributed by atoms with Gasteiger partial charge in [-0.15, -0.1) is 0 Å². The molecule has 0 radical (unpaired) electrons. The number of amides is 4. The second-order valence-corrected chi connectivity index (χ2v) is 8.81. The van der Waals surface area contributed by atoms with Crippen molar-refractivity contribution < 1.29 is 19.1 Å². The lowest BCUT2D eigenvalue weighted by Crippen LogP contribution is -2.73. The smallest absolute Gasteiger partial charge is 0.335 e. The SMILES string of the molecule is COc1ccc(N2C(=O)NC(=O)[C@@]3(Cc4ccccc4N4CCSC[C@@H]43)C2=O)cc1. The van der Waals surface area contributed by atoms with E-state index in [1.54, 1.807) is 43.1 Å². The third kappa shape index (κ3) is 2.63. The molecule has 2 atom stereocenters. The Kier molecular flexibility index (Phi) is 4.47. The summed E-state index contributed by atoms with van der Waals surface area (Å²) in [5.74, 6) is 1.23. The number of para-hydroxylation sites is 1. The predicted molar refractivity (Wildman–Crippen MR) is 115 cm³/mol. The zero-order valence-electron chi connectivity index (χ0n) is 16.5. The van der Waals surface area contributed by atoms with E-state index in [4.69, 9.17) is 4.74 Å². The summed E-state index contributed by atoms with van der Waals surface area (Å²) in [5.41, 5.74) is 1.09. The van der Waals surface area contributed by atoms with E-state index in [1.807, 2.05) is 24.3 Å². The number of carbonyl (C=O) groups excluding carboxylic acids is 3. The number of thioether (sulfide) groups is 1. The quantitative estimate of drug-likeness (QED) is 0.748. The Morgan fingerprint density at radius 2 is 1.87 bits per heavy atom. The molecule has 0 aliphatic carbocycles. The van der Waals surface area contributed by atoms with Gasteiger partial charge in [-0.1, -0.05) is 18.2 Å². The largest absolute Gasteiger partial charge is 0.497 e. The van der Waals surface area contributed by atoms with Gasteiger partial charge in [0.1, 0.15) is 5.75 Å². The number of imide groups is 2. The third-order valence-electron chi connectivity index (χ3n) is 6.21. The second-order valence-electron chi connectivity index (χ2n) is 7.66. The molecule has 2 fully saturated rings. The van der Waals surface area contributed by atoms with Gasteiger partial charge >= 0.3 is 6.03 Å². The van der Waals surface area contributed by atoms with Gasteiger partial charge in [-0.3, -0.25) is 14.9 Å². The Morgan fingerprint density at radius 3 is 2.63 bits per heavy atom. The minimum Gasteiger partial charge on any atom is -0.497 e. The molecule has 0 unspecified atom stereocenters. The highest BCUT2D eigenvalue weighted by molar-refractivity contribution is 7.99. The lowest BCUT2D eigenvalue weighted by molar-refractivity contribution is -0.144. The minimum atomic E-state index is -1.35. The van der Waals surface area contributed by atoms with E-state index in [2.05, 4.69) is 10.2 Å². The van der Waals surface area contributed by atoms with Gasteiger partial charge in [-0.25, -0.2) is 9.69 Å². The molecule has 4 amide bonds. The van der Waals surface area contributed by atoms with Crippen LogP contribution in [-0.2, 0) is 16.0 Å². The van der Waals surface area contributed by atoms with Crippen LogP contribution in [0.25, 0.3) is 0 Å². The first-order valence-corrected chi connectivity index (χ1v) is 11.0. The molecule has 2 saturated heterocycles. The average Bonchev–Trinajstić information content (AvgIpc) is 2.78. The van der Waals surface area contributed by atoms with Crippen molar-refractivity contribution in [3.63, 3.8) is 0 Å². The summed E-state index contributed by atoms with van der Waals surface area (Å²) < 4.78 is 5.18. The van der Waals surface area contributed by atoms with Crippen molar-refractivity contribution in [1.82, 2.24) is 5.32 Å². The molecule has 1 spiro atoms. The van der Waals surface area contributed by atoms with Gasteiger partial charge in [-0.2, -0.15) is 11.8 Å². The number of urea groups is 1. The molecule has 5 rings (SSSR count). The molecule has 3 aliphatic heterocycles. The first-order valence-electron chi connectivity index (χ1n) is 9.82. The molecule has 3 heterocycles. The van der Waals surface area contributed by atoms with Crippen LogP contribution < -0.4 is 19.9 Å². The van der Waals surface area contributed by atoms with Crippen molar-refractivity contribution in [2.45, 2.75) is 12.5 Å². The first-order chi connectivity index (χ1) is 14.6. The number of hydrogen-bond acceptors (Lipinski definition) is 6. The Labute approximate surface area is 178 Å². The van der Waals surface area contributed by atoms with Crippen molar-refractivity contribution in [1.29, 1.82) is 0 Å². The molecule has 0 saturated carbocycles. The zero-order valence-corrected chi connectivity index (χ0v) is 17.3. The molecule has 7 nitrogen and oxygen atoms in total. The molecule has 2 aromatic carbocycles. The summed E-state index contributed by atoms with van der Waals surface area (Å²) in [6.07, 6.45) is 0.273. The fraction of sp³-hybridized carbons (Fsp3) is 0.318. The van der Waals surface area contributed by atoms with Crippen LogP contribution in [0.15, 0.2) is 48.5 Å². The lowest BCUT2D eigenvalue weighted by Gasteiger charge is -2.53. The Balaban J connectivity index is 1.63. The number of ether oxygens (including phenoxy) is 1. The van der Waals surface area contributed by atoms with Crippen LogP contribution in [0.4, 0.5) is 16.2 Å². The van der Waals surface area contributed by atoms with Crippen molar-refractivity contribution >= 4 is 41.0 Å². The van der Waals surface area contributed by atoms with Crippen LogP contribution in [0, 0.1) is 5.41 Å². The first kappa shape index (κ1) is 19.0. The van der Waals surface area contributed by atoms with Crippen molar-refractivity contribution in [3.8, 4) is 5.75 Å². The van der Waals surface area contributed by atoms with Gasteiger partial charge in [0.05, 0.1) is 18.8 Å². The maximum Gasteiger partial charge on any atom is 0.335 e. The summed E-state index contributed by atoms with van der Waals surface area (Å²) in [7, 11) is 1.55. The topological polar surface area (TPSA) is 79.0 Å². The number of methoxy groups -OCH3 is 1. The molecular formula is C22H21N3O4S. The van der Waals surface area contributed by atoms with Gasteiger partial charge in [0.15, 0.2) is 5.41 Å². The summed E-state index contributed by atoms with van der Waals surface area (Å²) in [6, 6.07) is 13.6. The number of anilines is 2. The Hall–Kier alpha value is -3.00. The molecule has 2 aromatic rings. The third-order valence-corrected chi connectivity index (χ3v) is 7.23. The fourth-order valence-electron chi connectivity index (χ4n) is 4.73. The Morgan fingerprint density at radius 1 is 1.10 bits per heavy atom. The molecule has 0 aromatic heterocycles. The minimum absolute atomic E-state index is 0.273. The molecule has 1 N–H and O–H groups in total. The molecular weight excluding hydrogens is 402 g/mol. The van der Waals surface area contributed by atoms with E-state index in [-0.39, 0.29) is 12.5 Å². The van der Waals surface area contributed by atoms with E-state index in [9.17, 15) is 14.4 Å². The number of nitrogens with one attached hydrogen (secondary N) is 1. The highest BCUT2D eigenvalue weighted by Gasteiger charge is 2.62. The van der Waals surface area contributed by atoms with Crippen LogP contribution in [0.5, 0.6) is 5.75 Å². The van der Waals surface area contributed by atoms with Crippen LogP contribution in [0.1, 0.15) is 5.56 Å². The molecule has 3 aliphatic rings. The monoisotopic (exact) mass is 423 g/mol. The standard InChI is InChI=1S/C22H21N3O4S/c1-29-16-8-6-15(7-9-16)25-20(27)22(19(26)23-21(25)28)12-14-4-2-3-5-17(14)24-10-11-30-13-18(22)24/h2-9,18H,10-13H2,1H3,(H,23,26,28)/t18-,22+/m1/s1. The highest BCUT2D eigenvalue weighted by atomic mass is 32.2. The van der Waals surface area contributed by atoms with Gasteiger partial charge < -0.3 is 9.64 Å². The molecule has 8 heteroatoms. The Bertz CT molecular complexity index is 1040. The van der Waals surface area contributed by atoms with E-state index in [0.717, 1.165) is 28.4 Å². The predicted octanol–water partition coefficient (Wildman–Crippen LogP) is 2.44. The maximum atomic E-state index is 13.9. The fourth-order valence-corrected chi connectivity index (χ4v) is 5.91. The molecule has 0 bridgehead atoms. The number of benzene rings is 2. The van der Waals surface area contributed by atoms with Crippen molar-refractivity contribution in [3.05, 3.63) is 54.1 Å². The van der Waals surface area contributed by atoms with Gasteiger partial charge in [0.2, 0.25) is 5.91 Å². The summed E-state index contributed by atoms with van der Waals surface area (Å²) >= 11 is 1.74. The molecule has 154 valence electrons. The maximum absolute atomic E-state index is 13.9. The van der Waals surface area contributed by atoms with E-state index < -0.39 is 23.3 Å². The summed E-state index contributed by atoms with van der Waals surface area (Å²) in [5, 5.41) is 2.47. The lowest BCUT2D eigenvalue weighted by atomic mass is 9.69. The van der Waals surface area contributed by atoms with E-state index >= 15 is 0 Å². The van der Waals surface area contributed by atoms with Crippen LogP contribution in [0.2, 0.25) is 0 Å². The van der Waals surface area contributed by atoms with Crippen LogP contribution in [-0.4, -0.2) is 49.0 Å². The number of hydrogen-bond donors (Lipinski definition) is 1. The van der Waals surface area contributed by atoms with Crippen molar-refractivity contribution in [2.24, 2.45) is 5.41 Å². The number of barbiturate groups is 1. The van der Waals surface area contributed by atoms with E-state index in [0.29, 0.717) is 17.2 Å². The highest BCUT2D eigenvalue weighted by Crippen LogP contribution is 2.47. The number of nitrogens with zero attached hydrogens (tertiary/aromatic N) is 2. The van der Waals surface area contributed by atoms with E-state index in [1.165, 1.54) is 0 Å². The second kappa shape index (κ2) is 7.05.